The monoisotopic (exact) mass is 383 g/mol. The number of carbonyl (C=O) groups excluding carboxylic acids is 1. The molecule has 2 aromatic carbocycles. The van der Waals surface area contributed by atoms with Gasteiger partial charge in [-0.15, -0.1) is 0 Å². The van der Waals surface area contributed by atoms with Gasteiger partial charge in [0.05, 0.1) is 5.52 Å². The first-order valence-corrected chi connectivity index (χ1v) is 8.24. The van der Waals surface area contributed by atoms with Crippen molar-refractivity contribution in [1.29, 1.82) is 0 Å². The summed E-state index contributed by atoms with van der Waals surface area (Å²) in [7, 11) is 0. The number of aromatic nitrogens is 2. The Kier molecular flexibility index (Phi) is 4.21. The number of nitrogens with one attached hydrogen (secondary N) is 2. The smallest absolute Gasteiger partial charge is 0.263 e. The van der Waals surface area contributed by atoms with Crippen LogP contribution in [0.15, 0.2) is 63.9 Å². The molecular weight excluding hydrogens is 373 g/mol. The van der Waals surface area contributed by atoms with E-state index in [2.05, 4.69) is 15.5 Å². The number of carbonyl (C=O) groups is 1. The molecule has 0 aliphatic rings. The fraction of sp³-hybridized carbons (Fsp3) is 0. The number of pyridine rings is 1. The minimum absolute atomic E-state index is 0.0866. The van der Waals surface area contributed by atoms with Gasteiger partial charge in [-0.05, 0) is 41.8 Å². The molecule has 1 amide bonds. The third-order valence-corrected chi connectivity index (χ3v) is 4.19. The molecule has 0 radical (unpaired) electrons. The highest BCUT2D eigenvalue weighted by atomic mass is 35.5. The lowest BCUT2D eigenvalue weighted by Gasteiger charge is -2.03. The second kappa shape index (κ2) is 6.69. The zero-order chi connectivity index (χ0) is 19.0. The van der Waals surface area contributed by atoms with E-state index < -0.39 is 17.3 Å². The minimum atomic E-state index is -0.665. The summed E-state index contributed by atoms with van der Waals surface area (Å²) in [6, 6.07) is 13.8. The number of nitrogens with zero attached hydrogens (tertiary/aromatic N) is 1. The Balaban J connectivity index is 1.60. The van der Waals surface area contributed by atoms with Gasteiger partial charge in [0.25, 0.3) is 11.5 Å². The molecule has 6 nitrogen and oxygen atoms in total. The SMILES string of the molecule is O=C(Nc1cc(-c2ccc(Cl)cc2)no1)c1cc2ccc(F)cc2[nH]c1=O. The Morgan fingerprint density at radius 2 is 1.89 bits per heavy atom. The highest BCUT2D eigenvalue weighted by Crippen LogP contribution is 2.23. The van der Waals surface area contributed by atoms with Crippen LogP contribution in [0.3, 0.4) is 0 Å². The van der Waals surface area contributed by atoms with Crippen LogP contribution in [0, 0.1) is 5.82 Å². The number of aromatic amines is 1. The lowest BCUT2D eigenvalue weighted by atomic mass is 10.1. The van der Waals surface area contributed by atoms with Gasteiger partial charge < -0.3 is 9.51 Å². The van der Waals surface area contributed by atoms with Crippen LogP contribution in [0.2, 0.25) is 5.02 Å². The normalized spacial score (nSPS) is 10.9. The first kappa shape index (κ1) is 17.0. The second-order valence-electron chi connectivity index (χ2n) is 5.78. The van der Waals surface area contributed by atoms with Gasteiger partial charge in [0.1, 0.15) is 17.1 Å². The van der Waals surface area contributed by atoms with E-state index in [0.717, 1.165) is 5.56 Å². The Morgan fingerprint density at radius 1 is 1.11 bits per heavy atom. The third-order valence-electron chi connectivity index (χ3n) is 3.94. The topological polar surface area (TPSA) is 88.0 Å². The number of anilines is 1. The Labute approximate surface area is 156 Å². The van der Waals surface area contributed by atoms with E-state index in [4.69, 9.17) is 16.1 Å². The van der Waals surface area contributed by atoms with E-state index in [1.54, 1.807) is 24.3 Å². The molecule has 2 heterocycles. The first-order valence-electron chi connectivity index (χ1n) is 7.86. The zero-order valence-corrected chi connectivity index (χ0v) is 14.4. The molecule has 8 heteroatoms. The maximum atomic E-state index is 13.3. The van der Waals surface area contributed by atoms with Crippen molar-refractivity contribution >= 4 is 34.3 Å². The number of H-pyrrole nitrogens is 1. The maximum Gasteiger partial charge on any atom is 0.263 e. The lowest BCUT2D eigenvalue weighted by Crippen LogP contribution is -2.22. The summed E-state index contributed by atoms with van der Waals surface area (Å²) in [5.74, 6) is -1.06. The molecule has 4 aromatic rings. The summed E-state index contributed by atoms with van der Waals surface area (Å²) in [4.78, 5) is 27.0. The van der Waals surface area contributed by atoms with E-state index in [0.29, 0.717) is 21.6 Å². The van der Waals surface area contributed by atoms with E-state index in [1.807, 2.05) is 0 Å². The number of amides is 1. The Morgan fingerprint density at radius 3 is 2.67 bits per heavy atom. The van der Waals surface area contributed by atoms with Gasteiger partial charge in [-0.1, -0.05) is 28.9 Å². The molecular formula is C19H11ClFN3O3. The van der Waals surface area contributed by atoms with Crippen molar-refractivity contribution in [2.75, 3.05) is 5.32 Å². The van der Waals surface area contributed by atoms with E-state index in [-0.39, 0.29) is 11.4 Å². The molecule has 4 rings (SSSR count). The molecule has 0 saturated heterocycles. The van der Waals surface area contributed by atoms with Gasteiger partial charge in [-0.3, -0.25) is 14.9 Å². The van der Waals surface area contributed by atoms with Crippen molar-refractivity contribution < 1.29 is 13.7 Å². The number of hydrogen-bond acceptors (Lipinski definition) is 4. The molecule has 0 aliphatic carbocycles. The summed E-state index contributed by atoms with van der Waals surface area (Å²) in [6.45, 7) is 0. The molecule has 0 spiro atoms. The zero-order valence-electron chi connectivity index (χ0n) is 13.6. The number of fused-ring (bicyclic) bond motifs is 1. The maximum absolute atomic E-state index is 13.3. The van der Waals surface area contributed by atoms with Gasteiger partial charge in [0.15, 0.2) is 0 Å². The van der Waals surface area contributed by atoms with Crippen molar-refractivity contribution in [3.8, 4) is 11.3 Å². The standard InChI is InChI=1S/C19H11ClFN3O3/c20-12-4-1-10(2-5-12)16-9-17(27-24-16)23-19(26)14-7-11-3-6-13(21)8-15(11)22-18(14)25/h1-9H,(H,22,25)(H,23,26). The van der Waals surface area contributed by atoms with Gasteiger partial charge in [0, 0.05) is 16.7 Å². The van der Waals surface area contributed by atoms with Crippen LogP contribution < -0.4 is 10.9 Å². The van der Waals surface area contributed by atoms with Crippen LogP contribution >= 0.6 is 11.6 Å². The van der Waals surface area contributed by atoms with Gasteiger partial charge >= 0.3 is 0 Å². The quantitative estimate of drug-likeness (QED) is 0.554. The summed E-state index contributed by atoms with van der Waals surface area (Å²) in [5, 5.41) is 7.49. The molecule has 0 saturated carbocycles. The van der Waals surface area contributed by atoms with Crippen molar-refractivity contribution in [3.05, 3.63) is 81.4 Å². The average molecular weight is 384 g/mol. The average Bonchev–Trinajstić information content (AvgIpc) is 3.10. The number of benzene rings is 2. The minimum Gasteiger partial charge on any atom is -0.338 e. The number of halogens is 2. The van der Waals surface area contributed by atoms with Crippen molar-refractivity contribution in [2.45, 2.75) is 0 Å². The Bertz CT molecular complexity index is 1220. The largest absolute Gasteiger partial charge is 0.338 e. The molecule has 134 valence electrons. The molecule has 0 unspecified atom stereocenters. The van der Waals surface area contributed by atoms with Crippen LogP contribution in [0.1, 0.15) is 10.4 Å². The Hall–Kier alpha value is -3.45. The summed E-state index contributed by atoms with van der Waals surface area (Å²) in [5.41, 5.74) is 0.807. The number of hydrogen-bond donors (Lipinski definition) is 2. The summed E-state index contributed by atoms with van der Waals surface area (Å²) in [6.07, 6.45) is 0. The van der Waals surface area contributed by atoms with Crippen LogP contribution in [-0.4, -0.2) is 16.0 Å². The molecule has 0 fully saturated rings. The van der Waals surface area contributed by atoms with Crippen LogP contribution in [-0.2, 0) is 0 Å². The van der Waals surface area contributed by atoms with Crippen molar-refractivity contribution in [3.63, 3.8) is 0 Å². The summed E-state index contributed by atoms with van der Waals surface area (Å²) < 4.78 is 18.4. The predicted molar refractivity (Wildman–Crippen MR) is 99.4 cm³/mol. The molecule has 0 atom stereocenters. The molecule has 0 bridgehead atoms. The first-order chi connectivity index (χ1) is 13.0. The van der Waals surface area contributed by atoms with E-state index in [1.165, 1.54) is 30.3 Å². The number of rotatable bonds is 3. The van der Waals surface area contributed by atoms with Crippen LogP contribution in [0.5, 0.6) is 0 Å². The molecule has 0 aliphatic heterocycles. The fourth-order valence-corrected chi connectivity index (χ4v) is 2.74. The molecule has 2 aromatic heterocycles. The van der Waals surface area contributed by atoms with Crippen molar-refractivity contribution in [1.82, 2.24) is 10.1 Å². The fourth-order valence-electron chi connectivity index (χ4n) is 2.61. The third kappa shape index (κ3) is 3.45. The van der Waals surface area contributed by atoms with Gasteiger partial charge in [-0.2, -0.15) is 0 Å². The van der Waals surface area contributed by atoms with E-state index >= 15 is 0 Å². The second-order valence-corrected chi connectivity index (χ2v) is 6.22. The predicted octanol–water partition coefficient (Wildman–Crippen LogP) is 4.23. The molecule has 27 heavy (non-hydrogen) atoms. The highest BCUT2D eigenvalue weighted by Gasteiger charge is 2.15. The summed E-state index contributed by atoms with van der Waals surface area (Å²) >= 11 is 5.85. The molecule has 2 N–H and O–H groups in total. The van der Waals surface area contributed by atoms with Gasteiger partial charge in [0.2, 0.25) is 5.88 Å². The van der Waals surface area contributed by atoms with Crippen LogP contribution in [0.25, 0.3) is 22.2 Å². The van der Waals surface area contributed by atoms with Gasteiger partial charge in [-0.25, -0.2) is 4.39 Å². The van der Waals surface area contributed by atoms with Crippen LogP contribution in [0.4, 0.5) is 10.3 Å². The van der Waals surface area contributed by atoms with Crippen molar-refractivity contribution in [2.24, 2.45) is 0 Å². The lowest BCUT2D eigenvalue weighted by molar-refractivity contribution is 0.102. The highest BCUT2D eigenvalue weighted by molar-refractivity contribution is 6.30. The van der Waals surface area contributed by atoms with E-state index in [9.17, 15) is 14.0 Å².